The lowest BCUT2D eigenvalue weighted by Gasteiger charge is -2.09. The lowest BCUT2D eigenvalue weighted by molar-refractivity contribution is -0.137. The molecule has 1 amide bonds. The third kappa shape index (κ3) is 5.55. The van der Waals surface area contributed by atoms with E-state index < -0.39 is 11.9 Å². The van der Waals surface area contributed by atoms with Gasteiger partial charge in [0.15, 0.2) is 0 Å². The summed E-state index contributed by atoms with van der Waals surface area (Å²) in [6.07, 6.45) is 0.205. The normalized spacial score (nSPS) is 10.3. The van der Waals surface area contributed by atoms with E-state index in [2.05, 4.69) is 5.32 Å². The summed E-state index contributed by atoms with van der Waals surface area (Å²) < 4.78 is 10.3. The molecule has 8 heteroatoms. The van der Waals surface area contributed by atoms with Gasteiger partial charge in [0.05, 0.1) is 13.7 Å². The smallest absolute Gasteiger partial charge is 0.341 e. The fourth-order valence-corrected chi connectivity index (χ4v) is 3.40. The predicted molar refractivity (Wildman–Crippen MR) is 102 cm³/mol. The van der Waals surface area contributed by atoms with Crippen LogP contribution in [0.1, 0.15) is 36.5 Å². The Morgan fingerprint density at radius 3 is 2.44 bits per heavy atom. The van der Waals surface area contributed by atoms with E-state index >= 15 is 0 Å². The van der Waals surface area contributed by atoms with Crippen LogP contribution >= 0.6 is 11.3 Å². The molecule has 0 fully saturated rings. The summed E-state index contributed by atoms with van der Waals surface area (Å²) in [5.74, 6) is -1.12. The molecule has 0 aliphatic heterocycles. The number of anilines is 1. The number of ether oxygens (including phenoxy) is 2. The number of carboxylic acid groups (broad SMARTS) is 1. The predicted octanol–water partition coefficient (Wildman–Crippen LogP) is 3.79. The number of aliphatic carboxylic acids is 1. The van der Waals surface area contributed by atoms with Crippen molar-refractivity contribution in [2.45, 2.75) is 26.2 Å². The van der Waals surface area contributed by atoms with Crippen LogP contribution in [-0.4, -0.2) is 36.7 Å². The quantitative estimate of drug-likeness (QED) is 0.631. The van der Waals surface area contributed by atoms with Gasteiger partial charge in [0.2, 0.25) is 5.91 Å². The van der Waals surface area contributed by atoms with Crippen LogP contribution in [0.3, 0.4) is 0 Å². The van der Waals surface area contributed by atoms with Crippen LogP contribution < -0.4 is 10.1 Å². The van der Waals surface area contributed by atoms with Gasteiger partial charge in [-0.15, -0.1) is 11.3 Å². The zero-order chi connectivity index (χ0) is 19.8. The largest absolute Gasteiger partial charge is 0.497 e. The molecule has 27 heavy (non-hydrogen) atoms. The van der Waals surface area contributed by atoms with Crippen molar-refractivity contribution in [2.75, 3.05) is 19.0 Å². The van der Waals surface area contributed by atoms with Crippen LogP contribution in [0.4, 0.5) is 5.00 Å². The molecule has 144 valence electrons. The molecule has 0 atom stereocenters. The third-order valence-corrected chi connectivity index (χ3v) is 4.61. The fraction of sp³-hybridized carbons (Fsp3) is 0.316. The number of nitrogens with one attached hydrogen (secondary N) is 1. The van der Waals surface area contributed by atoms with Crippen molar-refractivity contribution in [2.24, 2.45) is 0 Å². The van der Waals surface area contributed by atoms with Crippen LogP contribution in [0.5, 0.6) is 5.75 Å². The van der Waals surface area contributed by atoms with Crippen LogP contribution in [0.15, 0.2) is 29.6 Å². The Labute approximate surface area is 160 Å². The maximum absolute atomic E-state index is 12.5. The first-order valence-electron chi connectivity index (χ1n) is 8.41. The van der Waals surface area contributed by atoms with Crippen LogP contribution in [-0.2, 0) is 14.3 Å². The number of rotatable bonds is 9. The number of carboxylic acids is 1. The molecular formula is C19H21NO6S. The van der Waals surface area contributed by atoms with Crippen molar-refractivity contribution < 1.29 is 29.0 Å². The molecule has 0 unspecified atom stereocenters. The molecule has 2 aromatic rings. The van der Waals surface area contributed by atoms with E-state index in [-0.39, 0.29) is 31.8 Å². The molecule has 0 saturated heterocycles. The summed E-state index contributed by atoms with van der Waals surface area (Å²) in [5.41, 5.74) is 1.74. The number of thiophene rings is 1. The standard InChI is InChI=1S/C19H21NO6S/c1-3-26-19(24)17-14(12-7-9-13(25-2)10-8-12)11-27-18(17)20-15(21)5-4-6-16(22)23/h7-11H,3-6H2,1-2H3,(H,20,21)(H,22,23). The van der Waals surface area contributed by atoms with Crippen LogP contribution in [0.2, 0.25) is 0 Å². The maximum atomic E-state index is 12.5. The minimum absolute atomic E-state index is 0.0599. The van der Waals surface area contributed by atoms with E-state index in [9.17, 15) is 14.4 Å². The molecule has 2 rings (SSSR count). The summed E-state index contributed by atoms with van der Waals surface area (Å²) in [7, 11) is 1.57. The van der Waals surface area contributed by atoms with Gasteiger partial charge in [-0.3, -0.25) is 9.59 Å². The topological polar surface area (TPSA) is 102 Å². The second-order valence-corrected chi connectivity index (χ2v) is 6.48. The van der Waals surface area contributed by atoms with Gasteiger partial charge in [0.1, 0.15) is 16.3 Å². The lowest BCUT2D eigenvalue weighted by atomic mass is 10.0. The van der Waals surface area contributed by atoms with Gasteiger partial charge in [-0.05, 0) is 31.0 Å². The van der Waals surface area contributed by atoms with E-state index in [4.69, 9.17) is 14.6 Å². The van der Waals surface area contributed by atoms with Crippen LogP contribution in [0.25, 0.3) is 11.1 Å². The van der Waals surface area contributed by atoms with E-state index in [1.807, 2.05) is 12.1 Å². The average molecular weight is 391 g/mol. The third-order valence-electron chi connectivity index (χ3n) is 3.72. The van der Waals surface area contributed by atoms with Gasteiger partial charge in [-0.25, -0.2) is 4.79 Å². The maximum Gasteiger partial charge on any atom is 0.341 e. The van der Waals surface area contributed by atoms with E-state index in [1.165, 1.54) is 11.3 Å². The highest BCUT2D eigenvalue weighted by atomic mass is 32.1. The Morgan fingerprint density at radius 2 is 1.85 bits per heavy atom. The Morgan fingerprint density at radius 1 is 1.15 bits per heavy atom. The van der Waals surface area contributed by atoms with Gasteiger partial charge in [-0.1, -0.05) is 12.1 Å². The molecule has 0 aliphatic carbocycles. The number of hydrogen-bond acceptors (Lipinski definition) is 6. The molecule has 1 aromatic heterocycles. The minimum Gasteiger partial charge on any atom is -0.497 e. The fourth-order valence-electron chi connectivity index (χ4n) is 2.43. The first-order chi connectivity index (χ1) is 13.0. The minimum atomic E-state index is -0.951. The second kappa shape index (κ2) is 9.72. The number of esters is 1. The van der Waals surface area contributed by atoms with E-state index in [0.29, 0.717) is 21.9 Å². The first-order valence-corrected chi connectivity index (χ1v) is 9.28. The zero-order valence-corrected chi connectivity index (χ0v) is 15.9. The van der Waals surface area contributed by atoms with Gasteiger partial charge in [0.25, 0.3) is 0 Å². The highest BCUT2D eigenvalue weighted by Gasteiger charge is 2.22. The number of benzene rings is 1. The molecule has 2 N–H and O–H groups in total. The highest BCUT2D eigenvalue weighted by molar-refractivity contribution is 7.15. The molecule has 1 aromatic carbocycles. The molecule has 0 aliphatic rings. The second-order valence-electron chi connectivity index (χ2n) is 5.60. The van der Waals surface area contributed by atoms with Gasteiger partial charge < -0.3 is 19.9 Å². The van der Waals surface area contributed by atoms with E-state index in [0.717, 1.165) is 5.56 Å². The summed E-state index contributed by atoms with van der Waals surface area (Å²) in [5, 5.41) is 13.5. The number of hydrogen-bond donors (Lipinski definition) is 2. The Balaban J connectivity index is 2.26. The van der Waals surface area contributed by atoms with Gasteiger partial charge >= 0.3 is 11.9 Å². The summed E-state index contributed by atoms with van der Waals surface area (Å²) >= 11 is 1.22. The number of carbonyl (C=O) groups excluding carboxylic acids is 2. The molecule has 0 spiro atoms. The molecule has 1 heterocycles. The highest BCUT2D eigenvalue weighted by Crippen LogP contribution is 2.37. The zero-order valence-electron chi connectivity index (χ0n) is 15.1. The molecule has 0 saturated carbocycles. The van der Waals surface area contributed by atoms with Crippen molar-refractivity contribution in [1.82, 2.24) is 0 Å². The Kier molecular flexibility index (Phi) is 7.36. The lowest BCUT2D eigenvalue weighted by Crippen LogP contribution is -2.14. The monoisotopic (exact) mass is 391 g/mol. The molecule has 7 nitrogen and oxygen atoms in total. The average Bonchev–Trinajstić information content (AvgIpc) is 3.05. The Bertz CT molecular complexity index is 812. The van der Waals surface area contributed by atoms with Gasteiger partial charge in [0, 0.05) is 23.8 Å². The summed E-state index contributed by atoms with van der Waals surface area (Å²) in [6, 6.07) is 7.21. The molecule has 0 bridgehead atoms. The number of carbonyl (C=O) groups is 3. The molecule has 0 radical (unpaired) electrons. The van der Waals surface area contributed by atoms with Crippen molar-refractivity contribution in [3.05, 3.63) is 35.2 Å². The van der Waals surface area contributed by atoms with Crippen molar-refractivity contribution in [3.63, 3.8) is 0 Å². The summed E-state index contributed by atoms with van der Waals surface area (Å²) in [4.78, 5) is 35.1. The van der Waals surface area contributed by atoms with Gasteiger partial charge in [-0.2, -0.15) is 0 Å². The van der Waals surface area contributed by atoms with E-state index in [1.54, 1.807) is 31.5 Å². The molecular weight excluding hydrogens is 370 g/mol. The van der Waals surface area contributed by atoms with Crippen LogP contribution in [0, 0.1) is 0 Å². The number of amides is 1. The summed E-state index contributed by atoms with van der Waals surface area (Å²) in [6.45, 7) is 1.92. The van der Waals surface area contributed by atoms with Crippen molar-refractivity contribution in [1.29, 1.82) is 0 Å². The SMILES string of the molecule is CCOC(=O)c1c(-c2ccc(OC)cc2)csc1NC(=O)CCCC(=O)O. The first kappa shape index (κ1) is 20.4. The van der Waals surface area contributed by atoms with Crippen molar-refractivity contribution in [3.8, 4) is 16.9 Å². The number of methoxy groups -OCH3 is 1. The van der Waals surface area contributed by atoms with Crippen molar-refractivity contribution >= 4 is 34.2 Å². The Hall–Kier alpha value is -2.87.